The fourth-order valence-electron chi connectivity index (χ4n) is 3.90. The lowest BCUT2D eigenvalue weighted by atomic mass is 10.1. The Kier molecular flexibility index (Phi) is 4.95. The summed E-state index contributed by atoms with van der Waals surface area (Å²) in [6.45, 7) is 4.29. The van der Waals surface area contributed by atoms with Crippen molar-refractivity contribution in [3.63, 3.8) is 0 Å². The third-order valence-corrected chi connectivity index (χ3v) is 5.51. The van der Waals surface area contributed by atoms with Gasteiger partial charge in [-0.05, 0) is 24.3 Å². The van der Waals surface area contributed by atoms with Crippen LogP contribution in [0.5, 0.6) is 0 Å². The Morgan fingerprint density at radius 3 is 2.57 bits per heavy atom. The molecule has 0 spiro atoms. The van der Waals surface area contributed by atoms with Crippen molar-refractivity contribution in [3.8, 4) is 17.3 Å². The zero-order valence-electron chi connectivity index (χ0n) is 16.5. The molecule has 150 valence electrons. The molecule has 5 heterocycles. The first kappa shape index (κ1) is 18.5. The van der Waals surface area contributed by atoms with Crippen molar-refractivity contribution in [2.24, 2.45) is 0 Å². The number of fused-ring (bicyclic) bond motifs is 1. The predicted octanol–water partition coefficient (Wildman–Crippen LogP) is 2.20. The molecule has 3 aromatic heterocycles. The Morgan fingerprint density at radius 1 is 0.967 bits per heavy atom. The summed E-state index contributed by atoms with van der Waals surface area (Å²) in [5.41, 5.74) is 4.60. The van der Waals surface area contributed by atoms with E-state index in [4.69, 9.17) is 14.7 Å². The van der Waals surface area contributed by atoms with Gasteiger partial charge < -0.3 is 14.5 Å². The van der Waals surface area contributed by atoms with Gasteiger partial charge in [-0.15, -0.1) is 0 Å². The van der Waals surface area contributed by atoms with Gasteiger partial charge in [0.2, 0.25) is 5.95 Å². The summed E-state index contributed by atoms with van der Waals surface area (Å²) in [5, 5.41) is 9.63. The van der Waals surface area contributed by atoms with E-state index in [1.54, 1.807) is 18.6 Å². The zero-order chi connectivity index (χ0) is 20.3. The first-order valence-corrected chi connectivity index (χ1v) is 10.1. The second kappa shape index (κ2) is 8.05. The number of aromatic nitrogens is 4. The van der Waals surface area contributed by atoms with E-state index in [1.807, 2.05) is 24.3 Å². The summed E-state index contributed by atoms with van der Waals surface area (Å²) in [6, 6.07) is 10.0. The van der Waals surface area contributed by atoms with Crippen LogP contribution in [0.2, 0.25) is 0 Å². The molecule has 8 heteroatoms. The molecule has 5 rings (SSSR count). The summed E-state index contributed by atoms with van der Waals surface area (Å²) >= 11 is 0. The van der Waals surface area contributed by atoms with E-state index in [2.05, 4.69) is 25.8 Å². The Hall–Kier alpha value is -3.57. The minimum Gasteiger partial charge on any atom is -0.376 e. The molecule has 3 aromatic rings. The molecule has 0 aliphatic carbocycles. The number of rotatable bonds is 3. The highest BCUT2D eigenvalue weighted by atomic mass is 16.5. The van der Waals surface area contributed by atoms with Gasteiger partial charge in [-0.1, -0.05) is 0 Å². The van der Waals surface area contributed by atoms with Gasteiger partial charge in [0, 0.05) is 62.3 Å². The summed E-state index contributed by atoms with van der Waals surface area (Å²) in [6.07, 6.45) is 6.12. The topological polar surface area (TPSA) is 91.1 Å². The smallest absolute Gasteiger partial charge is 0.225 e. The maximum absolute atomic E-state index is 9.63. The van der Waals surface area contributed by atoms with Crippen molar-refractivity contribution in [1.82, 2.24) is 19.9 Å². The van der Waals surface area contributed by atoms with Crippen LogP contribution in [0.25, 0.3) is 11.3 Å². The van der Waals surface area contributed by atoms with Gasteiger partial charge in [-0.2, -0.15) is 5.26 Å². The number of nitriles is 1. The van der Waals surface area contributed by atoms with Crippen LogP contribution in [0.15, 0.2) is 42.9 Å². The highest BCUT2D eigenvalue weighted by Gasteiger charge is 2.24. The maximum atomic E-state index is 9.63. The quantitative estimate of drug-likeness (QED) is 0.662. The monoisotopic (exact) mass is 399 g/mol. The lowest BCUT2D eigenvalue weighted by molar-refractivity contribution is 0.109. The SMILES string of the molecule is N#Cc1cc2c(nc1N1CCN(c3nccc(-c4ccncc4)n3)CC1)CCOC2. The van der Waals surface area contributed by atoms with Crippen molar-refractivity contribution in [3.05, 3.63) is 59.7 Å². The van der Waals surface area contributed by atoms with E-state index < -0.39 is 0 Å². The van der Waals surface area contributed by atoms with Gasteiger partial charge in [-0.25, -0.2) is 15.0 Å². The maximum Gasteiger partial charge on any atom is 0.225 e. The Balaban J connectivity index is 1.33. The molecule has 1 fully saturated rings. The van der Waals surface area contributed by atoms with E-state index in [9.17, 15) is 5.26 Å². The average Bonchev–Trinajstić information content (AvgIpc) is 2.84. The fraction of sp³-hybridized carbons (Fsp3) is 0.318. The largest absolute Gasteiger partial charge is 0.376 e. The molecular formula is C22H21N7O. The van der Waals surface area contributed by atoms with E-state index in [1.165, 1.54) is 0 Å². The molecule has 2 aliphatic rings. The Bertz CT molecular complexity index is 1090. The van der Waals surface area contributed by atoms with Gasteiger partial charge in [0.25, 0.3) is 0 Å². The first-order valence-electron chi connectivity index (χ1n) is 10.1. The van der Waals surface area contributed by atoms with Crippen molar-refractivity contribution in [1.29, 1.82) is 5.26 Å². The number of hydrogen-bond acceptors (Lipinski definition) is 8. The van der Waals surface area contributed by atoms with Gasteiger partial charge in [0.15, 0.2) is 0 Å². The second-order valence-electron chi connectivity index (χ2n) is 7.33. The molecule has 0 unspecified atom stereocenters. The van der Waals surface area contributed by atoms with E-state index >= 15 is 0 Å². The standard InChI is InChI=1S/C22H21N7O/c23-14-17-13-18-15-30-12-4-20(18)26-21(17)28-8-10-29(11-9-28)22-25-7-3-19(27-22)16-1-5-24-6-2-16/h1-3,5-7,13H,4,8-12,15H2. The molecule has 30 heavy (non-hydrogen) atoms. The van der Waals surface area contributed by atoms with E-state index in [0.717, 1.165) is 66.9 Å². The molecule has 0 aromatic carbocycles. The summed E-state index contributed by atoms with van der Waals surface area (Å²) in [7, 11) is 0. The van der Waals surface area contributed by atoms with Crippen LogP contribution in [0, 0.1) is 11.3 Å². The number of nitrogens with zero attached hydrogens (tertiary/aromatic N) is 7. The highest BCUT2D eigenvalue weighted by Crippen LogP contribution is 2.26. The van der Waals surface area contributed by atoms with Crippen molar-refractivity contribution in [2.75, 3.05) is 42.6 Å². The molecule has 1 saturated heterocycles. The summed E-state index contributed by atoms with van der Waals surface area (Å²) in [5.74, 6) is 1.50. The second-order valence-corrected chi connectivity index (χ2v) is 7.33. The molecule has 0 N–H and O–H groups in total. The van der Waals surface area contributed by atoms with Crippen LogP contribution in [0.4, 0.5) is 11.8 Å². The number of piperazine rings is 1. The molecule has 0 bridgehead atoms. The normalized spacial score (nSPS) is 16.1. The number of pyridine rings is 2. The Morgan fingerprint density at radius 2 is 1.77 bits per heavy atom. The van der Waals surface area contributed by atoms with Crippen LogP contribution in [-0.2, 0) is 17.8 Å². The van der Waals surface area contributed by atoms with Gasteiger partial charge in [-0.3, -0.25) is 4.98 Å². The number of hydrogen-bond donors (Lipinski definition) is 0. The van der Waals surface area contributed by atoms with E-state index in [0.29, 0.717) is 18.8 Å². The minimum atomic E-state index is 0.538. The minimum absolute atomic E-state index is 0.538. The van der Waals surface area contributed by atoms with Crippen LogP contribution >= 0.6 is 0 Å². The van der Waals surface area contributed by atoms with Gasteiger partial charge in [0.05, 0.1) is 30.2 Å². The van der Waals surface area contributed by atoms with Gasteiger partial charge >= 0.3 is 0 Å². The zero-order valence-corrected chi connectivity index (χ0v) is 16.5. The molecule has 0 saturated carbocycles. The van der Waals surface area contributed by atoms with Crippen LogP contribution in [-0.4, -0.2) is 52.7 Å². The number of ether oxygens (including phenoxy) is 1. The molecular weight excluding hydrogens is 378 g/mol. The third kappa shape index (κ3) is 3.55. The van der Waals surface area contributed by atoms with Crippen LogP contribution in [0.3, 0.4) is 0 Å². The van der Waals surface area contributed by atoms with E-state index in [-0.39, 0.29) is 0 Å². The summed E-state index contributed by atoms with van der Waals surface area (Å²) in [4.78, 5) is 22.5. The average molecular weight is 399 g/mol. The molecule has 0 radical (unpaired) electrons. The molecule has 0 amide bonds. The number of anilines is 2. The molecule has 2 aliphatic heterocycles. The molecule has 0 atom stereocenters. The predicted molar refractivity (Wildman–Crippen MR) is 112 cm³/mol. The molecule has 8 nitrogen and oxygen atoms in total. The summed E-state index contributed by atoms with van der Waals surface area (Å²) < 4.78 is 5.50. The van der Waals surface area contributed by atoms with Crippen molar-refractivity contribution < 1.29 is 4.74 Å². The fourth-order valence-corrected chi connectivity index (χ4v) is 3.90. The van der Waals surface area contributed by atoms with Crippen molar-refractivity contribution in [2.45, 2.75) is 13.0 Å². The highest BCUT2D eigenvalue weighted by molar-refractivity contribution is 5.60. The third-order valence-electron chi connectivity index (χ3n) is 5.51. The van der Waals surface area contributed by atoms with Crippen molar-refractivity contribution >= 4 is 11.8 Å². The van der Waals surface area contributed by atoms with Crippen LogP contribution < -0.4 is 9.80 Å². The van der Waals surface area contributed by atoms with Gasteiger partial charge in [0.1, 0.15) is 11.9 Å². The van der Waals surface area contributed by atoms with Crippen LogP contribution in [0.1, 0.15) is 16.8 Å². The lowest BCUT2D eigenvalue weighted by Crippen LogP contribution is -2.47. The lowest BCUT2D eigenvalue weighted by Gasteiger charge is -2.36. The first-order chi connectivity index (χ1) is 14.8. The Labute approximate surface area is 174 Å².